The number of phenolic OH excluding ortho intramolecular Hbond substituents is 1. The third-order valence-electron chi connectivity index (χ3n) is 4.05. The Kier molecular flexibility index (Phi) is 5.59. The van der Waals surface area contributed by atoms with Crippen LogP contribution in [-0.4, -0.2) is 34.8 Å². The molecule has 1 aromatic carbocycles. The molecule has 0 aliphatic heterocycles. The van der Waals surface area contributed by atoms with Crippen molar-refractivity contribution in [2.24, 2.45) is 11.7 Å². The number of hydrogen-bond donors (Lipinski definition) is 4. The molecule has 116 valence electrons. The lowest BCUT2D eigenvalue weighted by Crippen LogP contribution is -2.44. The SMILES string of the molecule is N[C@H](Cc1ccc(O)cc1)C(=O)NCC1CCCC(O)C1. The summed E-state index contributed by atoms with van der Waals surface area (Å²) in [6.45, 7) is 0.583. The van der Waals surface area contributed by atoms with E-state index in [1.807, 2.05) is 0 Å². The second-order valence-electron chi connectivity index (χ2n) is 5.91. The Morgan fingerprint density at radius 2 is 2.05 bits per heavy atom. The normalized spacial score (nSPS) is 23.5. The van der Waals surface area contributed by atoms with E-state index >= 15 is 0 Å². The number of phenols is 1. The van der Waals surface area contributed by atoms with E-state index in [0.717, 1.165) is 31.2 Å². The number of benzene rings is 1. The molecule has 0 heterocycles. The predicted octanol–water partition coefficient (Wildman–Crippen LogP) is 0.929. The van der Waals surface area contributed by atoms with Crippen molar-refractivity contribution in [3.05, 3.63) is 29.8 Å². The Labute approximate surface area is 125 Å². The minimum atomic E-state index is -0.594. The minimum Gasteiger partial charge on any atom is -0.508 e. The second-order valence-corrected chi connectivity index (χ2v) is 5.91. The molecule has 5 nitrogen and oxygen atoms in total. The standard InChI is InChI=1S/C16H24N2O3/c17-15(9-11-4-6-13(19)7-5-11)16(21)18-10-12-2-1-3-14(20)8-12/h4-7,12,14-15,19-20H,1-3,8-10,17H2,(H,18,21)/t12?,14?,15-/m1/s1. The quantitative estimate of drug-likeness (QED) is 0.649. The molecule has 1 aliphatic rings. The Hall–Kier alpha value is -1.59. The molecule has 1 aliphatic carbocycles. The van der Waals surface area contributed by atoms with Crippen LogP contribution in [0.2, 0.25) is 0 Å². The van der Waals surface area contributed by atoms with E-state index in [1.54, 1.807) is 24.3 Å². The highest BCUT2D eigenvalue weighted by Gasteiger charge is 2.21. The summed E-state index contributed by atoms with van der Waals surface area (Å²) in [5, 5.41) is 21.7. The Bertz CT molecular complexity index is 461. The van der Waals surface area contributed by atoms with Gasteiger partial charge in [0.2, 0.25) is 5.91 Å². The molecule has 5 heteroatoms. The van der Waals surface area contributed by atoms with Gasteiger partial charge in [0.1, 0.15) is 5.75 Å². The van der Waals surface area contributed by atoms with Gasteiger partial charge in [-0.05, 0) is 49.3 Å². The van der Waals surface area contributed by atoms with Crippen molar-refractivity contribution < 1.29 is 15.0 Å². The lowest BCUT2D eigenvalue weighted by molar-refractivity contribution is -0.122. The average molecular weight is 292 g/mol. The smallest absolute Gasteiger partial charge is 0.237 e. The summed E-state index contributed by atoms with van der Waals surface area (Å²) >= 11 is 0. The Balaban J connectivity index is 1.75. The number of hydrogen-bond acceptors (Lipinski definition) is 4. The van der Waals surface area contributed by atoms with Crippen LogP contribution in [-0.2, 0) is 11.2 Å². The van der Waals surface area contributed by atoms with Crippen LogP contribution in [0.4, 0.5) is 0 Å². The molecular formula is C16H24N2O3. The first-order valence-corrected chi connectivity index (χ1v) is 7.54. The summed E-state index contributed by atoms with van der Waals surface area (Å²) in [5.74, 6) is 0.384. The fourth-order valence-corrected chi connectivity index (χ4v) is 2.80. The first-order chi connectivity index (χ1) is 10.0. The molecular weight excluding hydrogens is 268 g/mol. The summed E-state index contributed by atoms with van der Waals surface area (Å²) in [6, 6.07) is 6.11. The van der Waals surface area contributed by atoms with E-state index in [4.69, 9.17) is 5.73 Å². The molecule has 1 fully saturated rings. The molecule has 1 aromatic rings. The third kappa shape index (κ3) is 5.02. The van der Waals surface area contributed by atoms with Crippen LogP contribution in [0.15, 0.2) is 24.3 Å². The molecule has 1 saturated carbocycles. The number of aliphatic hydroxyl groups is 1. The summed E-state index contributed by atoms with van der Waals surface area (Å²) in [4.78, 5) is 12.0. The fourth-order valence-electron chi connectivity index (χ4n) is 2.80. The van der Waals surface area contributed by atoms with Gasteiger partial charge in [0.05, 0.1) is 12.1 Å². The van der Waals surface area contributed by atoms with Crippen LogP contribution >= 0.6 is 0 Å². The van der Waals surface area contributed by atoms with E-state index in [1.165, 1.54) is 0 Å². The van der Waals surface area contributed by atoms with Crippen LogP contribution in [0, 0.1) is 5.92 Å². The van der Waals surface area contributed by atoms with Crippen molar-refractivity contribution in [1.29, 1.82) is 0 Å². The molecule has 3 atom stereocenters. The largest absolute Gasteiger partial charge is 0.508 e. The zero-order valence-electron chi connectivity index (χ0n) is 12.2. The van der Waals surface area contributed by atoms with Crippen molar-refractivity contribution in [2.45, 2.75) is 44.2 Å². The first-order valence-electron chi connectivity index (χ1n) is 7.54. The van der Waals surface area contributed by atoms with Crippen molar-refractivity contribution in [3.63, 3.8) is 0 Å². The number of carbonyl (C=O) groups excluding carboxylic acids is 1. The summed E-state index contributed by atoms with van der Waals surface area (Å²) in [5.41, 5.74) is 6.83. The van der Waals surface area contributed by atoms with Gasteiger partial charge in [-0.15, -0.1) is 0 Å². The Morgan fingerprint density at radius 1 is 1.33 bits per heavy atom. The summed E-state index contributed by atoms with van der Waals surface area (Å²) < 4.78 is 0. The summed E-state index contributed by atoms with van der Waals surface area (Å²) in [7, 11) is 0. The van der Waals surface area contributed by atoms with Crippen molar-refractivity contribution in [3.8, 4) is 5.75 Å². The number of nitrogens with two attached hydrogens (primary N) is 1. The highest BCUT2D eigenvalue weighted by Crippen LogP contribution is 2.23. The van der Waals surface area contributed by atoms with Gasteiger partial charge in [-0.3, -0.25) is 4.79 Å². The number of aliphatic hydroxyl groups excluding tert-OH is 1. The van der Waals surface area contributed by atoms with E-state index in [2.05, 4.69) is 5.32 Å². The van der Waals surface area contributed by atoms with E-state index < -0.39 is 6.04 Å². The maximum absolute atomic E-state index is 12.0. The van der Waals surface area contributed by atoms with Crippen LogP contribution in [0.1, 0.15) is 31.2 Å². The van der Waals surface area contributed by atoms with E-state index in [-0.39, 0.29) is 17.8 Å². The topological polar surface area (TPSA) is 95.6 Å². The van der Waals surface area contributed by atoms with Gasteiger partial charge in [0.25, 0.3) is 0 Å². The fraction of sp³-hybridized carbons (Fsp3) is 0.562. The lowest BCUT2D eigenvalue weighted by atomic mass is 9.87. The van der Waals surface area contributed by atoms with Gasteiger partial charge in [-0.2, -0.15) is 0 Å². The molecule has 0 aromatic heterocycles. The van der Waals surface area contributed by atoms with E-state index in [9.17, 15) is 15.0 Å². The van der Waals surface area contributed by atoms with Crippen LogP contribution in [0.25, 0.3) is 0 Å². The highest BCUT2D eigenvalue weighted by atomic mass is 16.3. The zero-order chi connectivity index (χ0) is 15.2. The third-order valence-corrected chi connectivity index (χ3v) is 4.05. The molecule has 1 amide bonds. The number of amides is 1. The van der Waals surface area contributed by atoms with Gasteiger partial charge in [0, 0.05) is 6.54 Å². The maximum atomic E-state index is 12.0. The Morgan fingerprint density at radius 3 is 2.71 bits per heavy atom. The van der Waals surface area contributed by atoms with Crippen molar-refractivity contribution in [1.82, 2.24) is 5.32 Å². The zero-order valence-corrected chi connectivity index (χ0v) is 12.2. The second kappa shape index (κ2) is 7.43. The number of aromatic hydroxyl groups is 1. The first kappa shape index (κ1) is 15.8. The molecule has 0 spiro atoms. The van der Waals surface area contributed by atoms with Crippen LogP contribution in [0.3, 0.4) is 0 Å². The van der Waals surface area contributed by atoms with Crippen molar-refractivity contribution >= 4 is 5.91 Å². The molecule has 21 heavy (non-hydrogen) atoms. The predicted molar refractivity (Wildman–Crippen MR) is 80.8 cm³/mol. The minimum absolute atomic E-state index is 0.164. The van der Waals surface area contributed by atoms with Gasteiger partial charge >= 0.3 is 0 Å². The lowest BCUT2D eigenvalue weighted by Gasteiger charge is -2.26. The van der Waals surface area contributed by atoms with Gasteiger partial charge in [-0.1, -0.05) is 18.6 Å². The number of nitrogens with one attached hydrogen (secondary N) is 1. The molecule has 2 rings (SSSR count). The molecule has 2 unspecified atom stereocenters. The maximum Gasteiger partial charge on any atom is 0.237 e. The molecule has 0 saturated heterocycles. The monoisotopic (exact) mass is 292 g/mol. The molecule has 0 bridgehead atoms. The highest BCUT2D eigenvalue weighted by molar-refractivity contribution is 5.81. The molecule has 0 radical (unpaired) electrons. The average Bonchev–Trinajstić information content (AvgIpc) is 2.47. The number of rotatable bonds is 5. The van der Waals surface area contributed by atoms with Crippen LogP contribution in [0.5, 0.6) is 5.75 Å². The summed E-state index contributed by atoms with van der Waals surface area (Å²) in [6.07, 6.45) is 3.90. The van der Waals surface area contributed by atoms with Gasteiger partial charge in [-0.25, -0.2) is 0 Å². The van der Waals surface area contributed by atoms with Crippen molar-refractivity contribution in [2.75, 3.05) is 6.54 Å². The number of carbonyl (C=O) groups is 1. The van der Waals surface area contributed by atoms with Crippen LogP contribution < -0.4 is 11.1 Å². The van der Waals surface area contributed by atoms with Gasteiger partial charge in [0.15, 0.2) is 0 Å². The molecule has 5 N–H and O–H groups in total. The van der Waals surface area contributed by atoms with Gasteiger partial charge < -0.3 is 21.3 Å². The van der Waals surface area contributed by atoms with E-state index in [0.29, 0.717) is 18.9 Å².